The first-order chi connectivity index (χ1) is 35.2. The zero-order chi connectivity index (χ0) is 51.1. The van der Waals surface area contributed by atoms with Gasteiger partial charge >= 0.3 is 6.09 Å². The van der Waals surface area contributed by atoms with E-state index in [1.54, 1.807) is 103 Å². The number of ether oxygens (including phenoxy) is 1. The molecule has 4 atom stereocenters. The number of fused-ring (bicyclic) bond motifs is 2. The first kappa shape index (κ1) is 55.5. The lowest BCUT2D eigenvalue weighted by Gasteiger charge is -2.30. The summed E-state index contributed by atoms with van der Waals surface area (Å²) in [7, 11) is 0. The molecule has 2 aliphatic carbocycles. The van der Waals surface area contributed by atoms with Crippen LogP contribution in [0.25, 0.3) is 33.5 Å². The van der Waals surface area contributed by atoms with Gasteiger partial charge in [0.25, 0.3) is 11.8 Å². The van der Waals surface area contributed by atoms with Gasteiger partial charge in [-0.05, 0) is 145 Å². The van der Waals surface area contributed by atoms with Crippen LogP contribution in [0.15, 0.2) is 122 Å². The molecule has 2 fully saturated rings. The maximum atomic E-state index is 12.9. The van der Waals surface area contributed by atoms with E-state index in [0.29, 0.717) is 55.8 Å². The molecule has 0 aliphatic heterocycles. The van der Waals surface area contributed by atoms with E-state index in [2.05, 4.69) is 46.7 Å². The fraction of sp³-hybridized carbons (Fsp3) is 0.302. The zero-order valence-electron chi connectivity index (χ0n) is 41.4. The third-order valence-electron chi connectivity index (χ3n) is 12.5. The average Bonchev–Trinajstić information content (AvgIpc) is 4.01. The number of aromatic nitrogens is 8. The molecular formula is C53H58Cl4N14O4. The van der Waals surface area contributed by atoms with Crippen molar-refractivity contribution in [3.8, 4) is 22.5 Å². The number of carbonyl (C=O) groups is 3. The van der Waals surface area contributed by atoms with E-state index in [-0.39, 0.29) is 60.8 Å². The van der Waals surface area contributed by atoms with Gasteiger partial charge in [-0.15, -0.1) is 24.8 Å². The second-order valence-corrected chi connectivity index (χ2v) is 20.0. The summed E-state index contributed by atoms with van der Waals surface area (Å²) in [5.74, 6) is 0.756. The van der Waals surface area contributed by atoms with E-state index >= 15 is 0 Å². The normalized spacial score (nSPS) is 17.2. The summed E-state index contributed by atoms with van der Waals surface area (Å²) < 4.78 is 8.83. The summed E-state index contributed by atoms with van der Waals surface area (Å²) >= 11 is 12.9. The van der Waals surface area contributed by atoms with Crippen LogP contribution in [-0.4, -0.2) is 86.8 Å². The molecule has 10 rings (SSSR count). The molecule has 75 heavy (non-hydrogen) atoms. The number of nitrogens with two attached hydrogens (primary N) is 1. The maximum absolute atomic E-state index is 12.9. The van der Waals surface area contributed by atoms with Crippen molar-refractivity contribution in [1.82, 2.24) is 49.8 Å². The fourth-order valence-electron chi connectivity index (χ4n) is 9.05. The van der Waals surface area contributed by atoms with Crippen LogP contribution in [0.2, 0.25) is 10.0 Å². The Hall–Kier alpha value is -7.25. The SMILES string of the molecule is CC(C)(C)OC(=O)Nc1ccc(C(=O)N[C@H]2CCC[C@@H](Nc3ncc(Cl)c(-c4cnn5ccccc45)n3)C2)cc1.Cl.Cl.Nc1ccc(C(=O)N[C@H]2CCC[C@@H](Nc3ncc(Cl)c(-c4cnn5ccccc45)n3)C2)cc1. The molecule has 0 spiro atoms. The first-order valence-corrected chi connectivity index (χ1v) is 25.0. The van der Waals surface area contributed by atoms with Crippen molar-refractivity contribution in [2.75, 3.05) is 21.7 Å². The molecule has 2 saturated carbocycles. The number of nitrogen functional groups attached to an aromatic ring is 1. The molecule has 7 N–H and O–H groups in total. The molecule has 0 unspecified atom stereocenters. The van der Waals surface area contributed by atoms with Gasteiger partial charge in [0.15, 0.2) is 0 Å². The van der Waals surface area contributed by atoms with Crippen molar-refractivity contribution in [2.45, 2.75) is 102 Å². The molecule has 6 aromatic heterocycles. The minimum absolute atomic E-state index is 0. The minimum Gasteiger partial charge on any atom is -0.444 e. The monoisotopic (exact) mass is 1090 g/mol. The van der Waals surface area contributed by atoms with E-state index < -0.39 is 11.7 Å². The fourth-order valence-corrected chi connectivity index (χ4v) is 9.44. The predicted octanol–water partition coefficient (Wildman–Crippen LogP) is 11.0. The third-order valence-corrected chi connectivity index (χ3v) is 13.1. The van der Waals surface area contributed by atoms with E-state index in [4.69, 9.17) is 43.6 Å². The van der Waals surface area contributed by atoms with Gasteiger partial charge in [-0.1, -0.05) is 35.3 Å². The van der Waals surface area contributed by atoms with Crippen molar-refractivity contribution in [3.63, 3.8) is 0 Å². The van der Waals surface area contributed by atoms with Crippen molar-refractivity contribution < 1.29 is 19.1 Å². The van der Waals surface area contributed by atoms with Gasteiger partial charge in [0, 0.05) is 70.2 Å². The lowest BCUT2D eigenvalue weighted by Crippen LogP contribution is -2.42. The molecule has 6 heterocycles. The van der Waals surface area contributed by atoms with Crippen molar-refractivity contribution in [3.05, 3.63) is 143 Å². The molecule has 0 bridgehead atoms. The Morgan fingerprint density at radius 3 is 1.51 bits per heavy atom. The molecule has 0 saturated heterocycles. The molecular weight excluding hydrogens is 1040 g/mol. The van der Waals surface area contributed by atoms with Crippen LogP contribution in [0.4, 0.5) is 28.1 Å². The largest absolute Gasteiger partial charge is 0.444 e. The van der Waals surface area contributed by atoms with E-state index in [9.17, 15) is 14.4 Å². The molecule has 2 aromatic carbocycles. The van der Waals surface area contributed by atoms with Crippen LogP contribution in [-0.2, 0) is 4.74 Å². The van der Waals surface area contributed by atoms with Crippen LogP contribution in [0.5, 0.6) is 0 Å². The number of halogens is 4. The van der Waals surface area contributed by atoms with Crippen LogP contribution in [0.3, 0.4) is 0 Å². The zero-order valence-corrected chi connectivity index (χ0v) is 44.5. The summed E-state index contributed by atoms with van der Waals surface area (Å²) in [4.78, 5) is 55.7. The van der Waals surface area contributed by atoms with Crippen molar-refractivity contribution in [1.29, 1.82) is 0 Å². The standard InChI is InChI=1S/C29H32ClN7O3.C24H24ClN7O.2ClH/c1-29(2,3)40-28(39)35-19-12-10-18(11-13-19)26(38)33-20-7-6-8-21(15-20)34-27-31-17-23(30)25(36-27)22-16-32-37-14-5-4-9-24(22)37;25-20-14-27-24(31-22(20)19-13-28-32-11-2-1-6-21(19)32)30-18-5-3-4-17(12-18)29-23(33)15-7-9-16(26)10-8-15;;/h4-5,9-14,16-17,20-21H,6-8,15H2,1-3H3,(H,33,38)(H,35,39)(H,31,34,36);1-2,6-11,13-14,17-18H,3-5,12,26H2,(H,29,33)(H,27,30,31);2*1H/t20-,21+;17-,18+;;/m00../s1. The molecule has 392 valence electrons. The quantitative estimate of drug-likeness (QED) is 0.0663. The van der Waals surface area contributed by atoms with E-state index in [1.165, 1.54) is 0 Å². The third kappa shape index (κ3) is 14.3. The number of nitrogens with zero attached hydrogens (tertiary/aromatic N) is 8. The number of carbonyl (C=O) groups excluding carboxylic acids is 3. The van der Waals surface area contributed by atoms with Gasteiger partial charge in [-0.25, -0.2) is 33.8 Å². The Morgan fingerprint density at radius 2 is 1.05 bits per heavy atom. The topological polar surface area (TPSA) is 233 Å². The summed E-state index contributed by atoms with van der Waals surface area (Å²) in [6.45, 7) is 5.40. The Balaban J connectivity index is 0.000000216. The number of benzene rings is 2. The molecule has 8 aromatic rings. The maximum Gasteiger partial charge on any atom is 0.412 e. The minimum atomic E-state index is -0.590. The van der Waals surface area contributed by atoms with Gasteiger partial charge in [0.1, 0.15) is 5.60 Å². The van der Waals surface area contributed by atoms with Gasteiger partial charge in [0.05, 0.1) is 57.3 Å². The first-order valence-electron chi connectivity index (χ1n) is 24.2. The molecule has 18 nitrogen and oxygen atoms in total. The number of hydrogen-bond acceptors (Lipinski definition) is 13. The Bertz CT molecular complexity index is 3240. The number of rotatable bonds is 11. The molecule has 2 aliphatic rings. The second-order valence-electron chi connectivity index (χ2n) is 19.1. The highest BCUT2D eigenvalue weighted by molar-refractivity contribution is 6.33. The predicted molar refractivity (Wildman–Crippen MR) is 298 cm³/mol. The van der Waals surface area contributed by atoms with Crippen LogP contribution >= 0.6 is 48.0 Å². The number of pyridine rings is 2. The molecule has 22 heteroatoms. The average molecular weight is 1100 g/mol. The van der Waals surface area contributed by atoms with E-state index in [1.807, 2.05) is 48.8 Å². The van der Waals surface area contributed by atoms with E-state index in [0.717, 1.165) is 73.5 Å². The number of hydrogen-bond donors (Lipinski definition) is 6. The summed E-state index contributed by atoms with van der Waals surface area (Å²) in [6, 6.07) is 25.7. The van der Waals surface area contributed by atoms with Gasteiger partial charge in [-0.3, -0.25) is 14.9 Å². The van der Waals surface area contributed by atoms with Gasteiger partial charge in [0.2, 0.25) is 11.9 Å². The van der Waals surface area contributed by atoms with Crippen LogP contribution < -0.4 is 32.3 Å². The second kappa shape index (κ2) is 24.9. The molecule has 0 radical (unpaired) electrons. The highest BCUT2D eigenvalue weighted by Crippen LogP contribution is 2.32. The van der Waals surface area contributed by atoms with Gasteiger partial charge in [-0.2, -0.15) is 10.2 Å². The summed E-state index contributed by atoms with van der Waals surface area (Å²) in [6.07, 6.45) is 17.2. The Labute approximate surface area is 456 Å². The van der Waals surface area contributed by atoms with Gasteiger partial charge < -0.3 is 31.7 Å². The highest BCUT2D eigenvalue weighted by Gasteiger charge is 2.27. The van der Waals surface area contributed by atoms with Crippen LogP contribution in [0.1, 0.15) is 92.9 Å². The number of amides is 3. The Kier molecular flexibility index (Phi) is 18.4. The lowest BCUT2D eigenvalue weighted by molar-refractivity contribution is 0.0635. The smallest absolute Gasteiger partial charge is 0.412 e. The lowest BCUT2D eigenvalue weighted by atomic mass is 9.91. The van der Waals surface area contributed by atoms with Crippen molar-refractivity contribution >= 4 is 100 Å². The summed E-state index contributed by atoms with van der Waals surface area (Å²) in [5, 5.41) is 25.5. The summed E-state index contributed by atoms with van der Waals surface area (Å²) in [5.41, 5.74) is 12.2. The Morgan fingerprint density at radius 1 is 0.613 bits per heavy atom. The molecule has 3 amide bonds. The number of anilines is 4. The van der Waals surface area contributed by atoms with Crippen LogP contribution in [0, 0.1) is 0 Å². The highest BCUT2D eigenvalue weighted by atomic mass is 35.5. The number of nitrogens with one attached hydrogen (secondary N) is 5. The van der Waals surface area contributed by atoms with Crippen molar-refractivity contribution in [2.24, 2.45) is 0 Å².